The molecule has 2 nitrogen and oxygen atoms in total. The minimum atomic E-state index is 0.613. The maximum atomic E-state index is 10.7. The maximum Gasteiger partial charge on any atom is 0.174 e. The second kappa shape index (κ2) is 5.66. The van der Waals surface area contributed by atoms with Crippen molar-refractivity contribution in [3.05, 3.63) is 35.9 Å². The summed E-state index contributed by atoms with van der Waals surface area (Å²) in [5.74, 6) is 0. The zero-order valence-corrected chi connectivity index (χ0v) is 9.65. The van der Waals surface area contributed by atoms with Gasteiger partial charge in [0.05, 0.1) is 13.1 Å². The molecule has 0 fully saturated rings. The van der Waals surface area contributed by atoms with Crippen LogP contribution in [0, 0.1) is 0 Å². The van der Waals surface area contributed by atoms with Crippen molar-refractivity contribution in [2.75, 3.05) is 19.6 Å². The fraction of sp³-hybridized carbons (Fsp3) is 0.462. The molecule has 1 aromatic carbocycles. The van der Waals surface area contributed by atoms with E-state index in [9.17, 15) is 4.79 Å². The van der Waals surface area contributed by atoms with E-state index in [4.69, 9.17) is 0 Å². The van der Waals surface area contributed by atoms with Crippen LogP contribution >= 0.6 is 0 Å². The Hall–Kier alpha value is -1.15. The molecule has 0 aliphatic rings. The van der Waals surface area contributed by atoms with E-state index in [2.05, 4.69) is 38.1 Å². The summed E-state index contributed by atoms with van der Waals surface area (Å²) >= 11 is 0. The van der Waals surface area contributed by atoms with Crippen molar-refractivity contribution in [1.82, 2.24) is 0 Å². The van der Waals surface area contributed by atoms with Gasteiger partial charge in [-0.05, 0) is 13.8 Å². The third-order valence-corrected chi connectivity index (χ3v) is 3.16. The van der Waals surface area contributed by atoms with E-state index in [-0.39, 0.29) is 0 Å². The van der Waals surface area contributed by atoms with Crippen LogP contribution in [0.2, 0.25) is 0 Å². The van der Waals surface area contributed by atoms with Crippen molar-refractivity contribution >= 4 is 6.29 Å². The number of aldehydes is 1. The van der Waals surface area contributed by atoms with Gasteiger partial charge in [-0.2, -0.15) is 0 Å². The summed E-state index contributed by atoms with van der Waals surface area (Å²) in [5, 5.41) is 0. The highest BCUT2D eigenvalue weighted by Crippen LogP contribution is 2.13. The molecule has 0 aromatic heterocycles. The van der Waals surface area contributed by atoms with E-state index in [1.54, 1.807) is 0 Å². The largest absolute Gasteiger partial charge is 0.314 e. The van der Waals surface area contributed by atoms with Crippen LogP contribution in [0.15, 0.2) is 30.3 Å². The molecule has 0 spiro atoms. The number of likely N-dealkylation sites (N-methyl/N-ethyl adjacent to an activating group) is 1. The summed E-state index contributed by atoms with van der Waals surface area (Å²) < 4.78 is 0.855. The van der Waals surface area contributed by atoms with Crippen molar-refractivity contribution in [1.29, 1.82) is 0 Å². The van der Waals surface area contributed by atoms with Crippen LogP contribution in [0.5, 0.6) is 0 Å². The molecular weight excluding hydrogens is 186 g/mol. The Morgan fingerprint density at radius 3 is 2.20 bits per heavy atom. The van der Waals surface area contributed by atoms with Crippen LogP contribution in [-0.2, 0) is 11.3 Å². The number of rotatable bonds is 6. The zero-order chi connectivity index (χ0) is 11.1. The van der Waals surface area contributed by atoms with Gasteiger partial charge in [0.1, 0.15) is 13.1 Å². The summed E-state index contributed by atoms with van der Waals surface area (Å²) in [6.07, 6.45) is 1.04. The highest BCUT2D eigenvalue weighted by atomic mass is 16.1. The number of benzene rings is 1. The standard InChI is InChI=1S/C13H20NO/c1-3-14(4-2,10-11-15)12-13-8-6-5-7-9-13/h5-9,11H,3-4,10,12H2,1-2H3/q+1. The molecule has 0 saturated carbocycles. The minimum absolute atomic E-state index is 0.613. The zero-order valence-electron chi connectivity index (χ0n) is 9.65. The molecule has 0 radical (unpaired) electrons. The molecule has 1 aromatic rings. The predicted molar refractivity (Wildman–Crippen MR) is 62.4 cm³/mol. The van der Waals surface area contributed by atoms with Crippen LogP contribution in [0.1, 0.15) is 19.4 Å². The summed E-state index contributed by atoms with van der Waals surface area (Å²) in [6.45, 7) is 7.87. The normalized spacial score (nSPS) is 11.3. The predicted octanol–water partition coefficient (Wildman–Crippen LogP) is 2.24. The summed E-state index contributed by atoms with van der Waals surface area (Å²) in [7, 11) is 0. The van der Waals surface area contributed by atoms with Crippen LogP contribution < -0.4 is 0 Å². The van der Waals surface area contributed by atoms with Crippen molar-refractivity contribution in [3.8, 4) is 0 Å². The lowest BCUT2D eigenvalue weighted by Crippen LogP contribution is -2.48. The first-order valence-electron chi connectivity index (χ1n) is 5.59. The maximum absolute atomic E-state index is 10.7. The number of hydrogen-bond donors (Lipinski definition) is 0. The molecule has 0 heterocycles. The highest BCUT2D eigenvalue weighted by molar-refractivity contribution is 5.50. The molecular formula is C13H20NO+. The van der Waals surface area contributed by atoms with Crippen molar-refractivity contribution in [2.24, 2.45) is 0 Å². The Balaban J connectivity index is 2.78. The number of hydrogen-bond acceptors (Lipinski definition) is 1. The topological polar surface area (TPSA) is 17.1 Å². The van der Waals surface area contributed by atoms with Gasteiger partial charge in [-0.15, -0.1) is 0 Å². The molecule has 82 valence electrons. The quantitative estimate of drug-likeness (QED) is 0.515. The van der Waals surface area contributed by atoms with E-state index < -0.39 is 0 Å². The van der Waals surface area contributed by atoms with Gasteiger partial charge < -0.3 is 4.48 Å². The highest BCUT2D eigenvalue weighted by Gasteiger charge is 2.22. The lowest BCUT2D eigenvalue weighted by atomic mass is 10.2. The second-order valence-corrected chi connectivity index (χ2v) is 3.97. The third kappa shape index (κ3) is 3.17. The van der Waals surface area contributed by atoms with Gasteiger partial charge in [0.15, 0.2) is 6.29 Å². The lowest BCUT2D eigenvalue weighted by molar-refractivity contribution is -0.929. The Bertz CT molecular complexity index is 291. The van der Waals surface area contributed by atoms with Crippen LogP contribution in [0.4, 0.5) is 0 Å². The average Bonchev–Trinajstić information content (AvgIpc) is 2.30. The number of quaternary nitrogens is 1. The second-order valence-electron chi connectivity index (χ2n) is 3.97. The van der Waals surface area contributed by atoms with Gasteiger partial charge in [-0.1, -0.05) is 30.3 Å². The van der Waals surface area contributed by atoms with E-state index in [0.717, 1.165) is 30.4 Å². The molecule has 0 unspecified atom stereocenters. The van der Waals surface area contributed by atoms with Crippen molar-refractivity contribution in [3.63, 3.8) is 0 Å². The van der Waals surface area contributed by atoms with Crippen molar-refractivity contribution < 1.29 is 9.28 Å². The first kappa shape index (κ1) is 11.9. The average molecular weight is 206 g/mol. The molecule has 0 amide bonds. The van der Waals surface area contributed by atoms with Crippen LogP contribution in [-0.4, -0.2) is 30.4 Å². The molecule has 2 heteroatoms. The van der Waals surface area contributed by atoms with Gasteiger partial charge in [-0.3, -0.25) is 4.79 Å². The summed E-state index contributed by atoms with van der Waals surface area (Å²) in [6, 6.07) is 10.4. The molecule has 0 aliphatic heterocycles. The Morgan fingerprint density at radius 1 is 1.13 bits per heavy atom. The van der Waals surface area contributed by atoms with Gasteiger partial charge >= 0.3 is 0 Å². The molecule has 0 saturated heterocycles. The Kier molecular flexibility index (Phi) is 4.50. The molecule has 1 rings (SSSR count). The first-order chi connectivity index (χ1) is 7.26. The van der Waals surface area contributed by atoms with Gasteiger partial charge in [0.2, 0.25) is 0 Å². The van der Waals surface area contributed by atoms with E-state index >= 15 is 0 Å². The number of carbonyl (C=O) groups is 1. The van der Waals surface area contributed by atoms with E-state index in [1.807, 2.05) is 6.07 Å². The van der Waals surface area contributed by atoms with E-state index in [0.29, 0.717) is 6.54 Å². The van der Waals surface area contributed by atoms with Crippen LogP contribution in [0.25, 0.3) is 0 Å². The summed E-state index contributed by atoms with van der Waals surface area (Å²) in [5.41, 5.74) is 1.31. The van der Waals surface area contributed by atoms with Crippen molar-refractivity contribution in [2.45, 2.75) is 20.4 Å². The SMILES string of the molecule is CC[N+](CC)(CC=O)Cc1ccccc1. The van der Waals surface area contributed by atoms with Gasteiger partial charge in [-0.25, -0.2) is 0 Å². The fourth-order valence-electron chi connectivity index (χ4n) is 1.90. The molecule has 0 aliphatic carbocycles. The first-order valence-corrected chi connectivity index (χ1v) is 5.59. The molecule has 15 heavy (non-hydrogen) atoms. The summed E-state index contributed by atoms with van der Waals surface area (Å²) in [4.78, 5) is 10.7. The van der Waals surface area contributed by atoms with Gasteiger partial charge in [0.25, 0.3) is 0 Å². The molecule has 0 atom stereocenters. The molecule has 0 N–H and O–H groups in total. The Morgan fingerprint density at radius 2 is 1.73 bits per heavy atom. The number of carbonyl (C=O) groups excluding carboxylic acids is 1. The fourth-order valence-corrected chi connectivity index (χ4v) is 1.90. The Labute approximate surface area is 92.1 Å². The lowest BCUT2D eigenvalue weighted by Gasteiger charge is -2.35. The van der Waals surface area contributed by atoms with E-state index in [1.165, 1.54) is 5.56 Å². The minimum Gasteiger partial charge on any atom is -0.314 e. The molecule has 0 bridgehead atoms. The third-order valence-electron chi connectivity index (χ3n) is 3.16. The van der Waals surface area contributed by atoms with Gasteiger partial charge in [0, 0.05) is 5.56 Å². The smallest absolute Gasteiger partial charge is 0.174 e. The monoisotopic (exact) mass is 206 g/mol. The number of nitrogens with zero attached hydrogens (tertiary/aromatic N) is 1. The van der Waals surface area contributed by atoms with Crippen LogP contribution in [0.3, 0.4) is 0 Å².